The maximum absolute atomic E-state index is 12.7. The third kappa shape index (κ3) is 4.51. The summed E-state index contributed by atoms with van der Waals surface area (Å²) in [5.41, 5.74) is 3.27. The molecule has 1 atom stereocenters. The minimum atomic E-state index is -0.484. The first kappa shape index (κ1) is 18.3. The van der Waals surface area contributed by atoms with Crippen LogP contribution in [0.3, 0.4) is 0 Å². The maximum atomic E-state index is 12.7. The van der Waals surface area contributed by atoms with E-state index in [4.69, 9.17) is 16.3 Å². The summed E-state index contributed by atoms with van der Waals surface area (Å²) in [5, 5.41) is 0.692. The second-order valence-corrected chi connectivity index (χ2v) is 6.47. The van der Waals surface area contributed by atoms with Gasteiger partial charge in [-0.15, -0.1) is 0 Å². The maximum Gasteiger partial charge on any atom is 0.263 e. The van der Waals surface area contributed by atoms with Crippen LogP contribution in [-0.4, -0.2) is 24.0 Å². The molecule has 0 heterocycles. The van der Waals surface area contributed by atoms with Crippen LogP contribution in [-0.2, 0) is 11.3 Å². The van der Waals surface area contributed by atoms with Gasteiger partial charge in [0.25, 0.3) is 5.91 Å². The van der Waals surface area contributed by atoms with Gasteiger partial charge in [0.1, 0.15) is 5.75 Å². The quantitative estimate of drug-likeness (QED) is 0.754. The summed E-state index contributed by atoms with van der Waals surface area (Å²) in [7, 11) is 1.80. The van der Waals surface area contributed by atoms with Crippen LogP contribution in [0.25, 0.3) is 0 Å². The largest absolute Gasteiger partial charge is 0.480 e. The molecule has 0 spiro atoms. The van der Waals surface area contributed by atoms with Gasteiger partial charge < -0.3 is 9.64 Å². The van der Waals surface area contributed by atoms with Gasteiger partial charge in [0.05, 0.1) is 0 Å². The molecule has 0 fully saturated rings. The summed E-state index contributed by atoms with van der Waals surface area (Å²) in [4.78, 5) is 14.4. The Balaban J connectivity index is 2.07. The van der Waals surface area contributed by atoms with Gasteiger partial charge in [-0.1, -0.05) is 42.8 Å². The van der Waals surface area contributed by atoms with Crippen molar-refractivity contribution in [1.29, 1.82) is 0 Å². The summed E-state index contributed by atoms with van der Waals surface area (Å²) in [6.07, 6.45) is 0.139. The van der Waals surface area contributed by atoms with Gasteiger partial charge in [-0.3, -0.25) is 4.79 Å². The molecule has 2 aromatic carbocycles. The molecule has 3 nitrogen and oxygen atoms in total. The van der Waals surface area contributed by atoms with Crippen molar-refractivity contribution in [3.05, 3.63) is 64.2 Å². The second kappa shape index (κ2) is 8.20. The average Bonchev–Trinajstić information content (AvgIpc) is 2.57. The molecule has 24 heavy (non-hydrogen) atoms. The van der Waals surface area contributed by atoms with E-state index in [2.05, 4.69) is 0 Å². The van der Waals surface area contributed by atoms with Crippen LogP contribution in [0.2, 0.25) is 5.02 Å². The topological polar surface area (TPSA) is 29.5 Å². The standard InChI is InChI=1S/C20H24ClNO2/c1-5-18(24-19-8-6-7-14(2)15(19)3)20(23)22(4)13-16-9-11-17(21)12-10-16/h6-12,18H,5,13H2,1-4H3. The SMILES string of the molecule is CCC(Oc1cccc(C)c1C)C(=O)N(C)Cc1ccc(Cl)cc1. The van der Waals surface area contributed by atoms with E-state index in [1.807, 2.05) is 63.2 Å². The first-order valence-electron chi connectivity index (χ1n) is 8.14. The number of amides is 1. The summed E-state index contributed by atoms with van der Waals surface area (Å²) < 4.78 is 6.00. The van der Waals surface area contributed by atoms with Gasteiger partial charge in [0.15, 0.2) is 6.10 Å². The lowest BCUT2D eigenvalue weighted by Crippen LogP contribution is -2.39. The van der Waals surface area contributed by atoms with Gasteiger partial charge in [-0.25, -0.2) is 0 Å². The fraction of sp³-hybridized carbons (Fsp3) is 0.350. The van der Waals surface area contributed by atoms with Crippen molar-refractivity contribution in [2.24, 2.45) is 0 Å². The Hall–Kier alpha value is -2.00. The third-order valence-corrected chi connectivity index (χ3v) is 4.43. The first-order chi connectivity index (χ1) is 11.4. The van der Waals surface area contributed by atoms with Crippen molar-refractivity contribution in [2.75, 3.05) is 7.05 Å². The average molecular weight is 346 g/mol. The van der Waals surface area contributed by atoms with Crippen molar-refractivity contribution in [3.8, 4) is 5.75 Å². The third-order valence-electron chi connectivity index (χ3n) is 4.18. The molecule has 1 amide bonds. The predicted octanol–water partition coefficient (Wildman–Crippen LogP) is 4.77. The smallest absolute Gasteiger partial charge is 0.263 e. The van der Waals surface area contributed by atoms with Gasteiger partial charge in [0, 0.05) is 18.6 Å². The van der Waals surface area contributed by atoms with Crippen molar-refractivity contribution in [1.82, 2.24) is 4.90 Å². The number of rotatable bonds is 6. The molecule has 0 aliphatic carbocycles. The Kier molecular flexibility index (Phi) is 6.27. The Morgan fingerprint density at radius 1 is 1.17 bits per heavy atom. The highest BCUT2D eigenvalue weighted by molar-refractivity contribution is 6.30. The van der Waals surface area contributed by atoms with E-state index in [1.165, 1.54) is 0 Å². The fourth-order valence-electron chi connectivity index (χ4n) is 2.50. The minimum Gasteiger partial charge on any atom is -0.480 e. The van der Waals surface area contributed by atoms with E-state index in [0.29, 0.717) is 18.0 Å². The fourth-order valence-corrected chi connectivity index (χ4v) is 2.63. The van der Waals surface area contributed by atoms with E-state index in [0.717, 1.165) is 22.4 Å². The van der Waals surface area contributed by atoms with Crippen LogP contribution in [0.4, 0.5) is 0 Å². The number of nitrogens with zero attached hydrogens (tertiary/aromatic N) is 1. The van der Waals surface area contributed by atoms with Crippen LogP contribution in [0.5, 0.6) is 5.75 Å². The van der Waals surface area contributed by atoms with Crippen molar-refractivity contribution >= 4 is 17.5 Å². The Morgan fingerprint density at radius 3 is 2.46 bits per heavy atom. The van der Waals surface area contributed by atoms with Gasteiger partial charge in [-0.05, 0) is 55.2 Å². The summed E-state index contributed by atoms with van der Waals surface area (Å²) in [6.45, 7) is 6.55. The van der Waals surface area contributed by atoms with E-state index >= 15 is 0 Å². The molecule has 1 unspecified atom stereocenters. The molecule has 2 rings (SSSR count). The molecule has 0 N–H and O–H groups in total. The Bertz CT molecular complexity index is 697. The van der Waals surface area contributed by atoms with Crippen molar-refractivity contribution in [3.63, 3.8) is 0 Å². The highest BCUT2D eigenvalue weighted by Crippen LogP contribution is 2.23. The number of likely N-dealkylation sites (N-methyl/N-ethyl adjacent to an activating group) is 1. The molecular weight excluding hydrogens is 322 g/mol. The first-order valence-corrected chi connectivity index (χ1v) is 8.52. The van der Waals surface area contributed by atoms with E-state index < -0.39 is 6.10 Å². The Morgan fingerprint density at radius 2 is 1.83 bits per heavy atom. The summed E-state index contributed by atoms with van der Waals surface area (Å²) in [6, 6.07) is 13.4. The zero-order valence-electron chi connectivity index (χ0n) is 14.7. The minimum absolute atomic E-state index is 0.0200. The molecule has 0 saturated heterocycles. The lowest BCUT2D eigenvalue weighted by atomic mass is 10.1. The normalized spacial score (nSPS) is 11.9. The molecule has 0 aromatic heterocycles. The van der Waals surface area contributed by atoms with E-state index in [1.54, 1.807) is 11.9 Å². The van der Waals surface area contributed by atoms with Crippen LogP contribution in [0.1, 0.15) is 30.0 Å². The molecule has 0 aliphatic rings. The number of carbonyl (C=O) groups excluding carboxylic acids is 1. The molecule has 0 saturated carbocycles. The van der Waals surface area contributed by atoms with Gasteiger partial charge in [-0.2, -0.15) is 0 Å². The van der Waals surface area contributed by atoms with Gasteiger partial charge in [0.2, 0.25) is 0 Å². The lowest BCUT2D eigenvalue weighted by molar-refractivity contribution is -0.138. The highest BCUT2D eigenvalue weighted by Gasteiger charge is 2.23. The number of hydrogen-bond donors (Lipinski definition) is 0. The predicted molar refractivity (Wildman–Crippen MR) is 98.5 cm³/mol. The number of hydrogen-bond acceptors (Lipinski definition) is 2. The number of halogens is 1. The molecule has 4 heteroatoms. The molecule has 2 aromatic rings. The van der Waals surface area contributed by atoms with Crippen molar-refractivity contribution < 1.29 is 9.53 Å². The number of ether oxygens (including phenoxy) is 1. The highest BCUT2D eigenvalue weighted by atomic mass is 35.5. The molecule has 0 aliphatic heterocycles. The van der Waals surface area contributed by atoms with E-state index in [-0.39, 0.29) is 5.91 Å². The van der Waals surface area contributed by atoms with Crippen LogP contribution >= 0.6 is 11.6 Å². The summed E-state index contributed by atoms with van der Waals surface area (Å²) in [5.74, 6) is 0.753. The molecule has 0 bridgehead atoms. The van der Waals surface area contributed by atoms with Crippen LogP contribution in [0.15, 0.2) is 42.5 Å². The molecular formula is C20H24ClNO2. The van der Waals surface area contributed by atoms with Gasteiger partial charge >= 0.3 is 0 Å². The van der Waals surface area contributed by atoms with E-state index in [9.17, 15) is 4.79 Å². The number of benzene rings is 2. The zero-order valence-corrected chi connectivity index (χ0v) is 15.4. The summed E-state index contributed by atoms with van der Waals surface area (Å²) >= 11 is 5.90. The van der Waals surface area contributed by atoms with Crippen LogP contribution in [0, 0.1) is 13.8 Å². The van der Waals surface area contributed by atoms with Crippen molar-refractivity contribution in [2.45, 2.75) is 39.8 Å². The monoisotopic (exact) mass is 345 g/mol. The molecule has 128 valence electrons. The number of carbonyl (C=O) groups is 1. The van der Waals surface area contributed by atoms with Crippen LogP contribution < -0.4 is 4.74 Å². The Labute approximate surface area is 149 Å². The lowest BCUT2D eigenvalue weighted by Gasteiger charge is -2.25. The second-order valence-electron chi connectivity index (χ2n) is 6.03. The zero-order chi connectivity index (χ0) is 17.7. The number of aryl methyl sites for hydroxylation is 1. The molecule has 0 radical (unpaired) electrons.